The molecular weight excluding hydrogens is 353 g/mol. The molecule has 5 nitrogen and oxygen atoms in total. The number of nitrogens with zero attached hydrogens (tertiary/aromatic N) is 5. The minimum atomic E-state index is 0.840. The van der Waals surface area contributed by atoms with Crippen LogP contribution in [-0.2, 0) is 0 Å². The average molecular weight is 365 g/mol. The van der Waals surface area contributed by atoms with Crippen molar-refractivity contribution in [3.05, 3.63) is 40.4 Å². The van der Waals surface area contributed by atoms with E-state index in [0.29, 0.717) is 0 Å². The van der Waals surface area contributed by atoms with Crippen molar-refractivity contribution in [2.24, 2.45) is 0 Å². The lowest BCUT2D eigenvalue weighted by Gasteiger charge is -2.10. The molecule has 0 aliphatic carbocycles. The van der Waals surface area contributed by atoms with Gasteiger partial charge in [-0.1, -0.05) is 0 Å². The lowest BCUT2D eigenvalue weighted by atomic mass is 10.2. The maximum Gasteiger partial charge on any atom is 0.154 e. The second kappa shape index (κ2) is 4.76. The van der Waals surface area contributed by atoms with E-state index in [1.165, 1.54) is 0 Å². The van der Waals surface area contributed by atoms with E-state index in [1.807, 2.05) is 55.7 Å². The Labute approximate surface area is 124 Å². The number of hydrogen-bond acceptors (Lipinski definition) is 4. The Morgan fingerprint density at radius 3 is 2.68 bits per heavy atom. The van der Waals surface area contributed by atoms with Gasteiger partial charge in [0.15, 0.2) is 5.65 Å². The molecule has 0 aliphatic rings. The summed E-state index contributed by atoms with van der Waals surface area (Å²) in [5, 5.41) is 4.38. The van der Waals surface area contributed by atoms with Crippen LogP contribution >= 0.6 is 22.6 Å². The summed E-state index contributed by atoms with van der Waals surface area (Å²) in [6, 6.07) is 7.91. The molecule has 0 saturated carbocycles. The van der Waals surface area contributed by atoms with Gasteiger partial charge in [0.05, 0.1) is 11.9 Å². The molecule has 0 amide bonds. The summed E-state index contributed by atoms with van der Waals surface area (Å²) in [5.74, 6) is 0.931. The number of fused-ring (bicyclic) bond motifs is 1. The summed E-state index contributed by atoms with van der Waals surface area (Å²) in [6.07, 6.45) is 3.76. The first-order valence-corrected chi connectivity index (χ1v) is 6.87. The minimum Gasteiger partial charge on any atom is -0.363 e. The van der Waals surface area contributed by atoms with E-state index in [-0.39, 0.29) is 0 Å². The zero-order valence-corrected chi connectivity index (χ0v) is 12.7. The molecule has 6 heteroatoms. The third-order valence-corrected chi connectivity index (χ3v) is 3.36. The molecule has 3 aromatic heterocycles. The van der Waals surface area contributed by atoms with Crippen LogP contribution in [-0.4, -0.2) is 33.7 Å². The van der Waals surface area contributed by atoms with Crippen molar-refractivity contribution < 1.29 is 0 Å². The first-order valence-electron chi connectivity index (χ1n) is 5.79. The van der Waals surface area contributed by atoms with Gasteiger partial charge in [-0.2, -0.15) is 5.10 Å². The Morgan fingerprint density at radius 2 is 2.00 bits per heavy atom. The van der Waals surface area contributed by atoms with Crippen LogP contribution in [0.4, 0.5) is 5.82 Å². The highest BCUT2D eigenvalue weighted by Gasteiger charge is 2.06. The topological polar surface area (TPSA) is 46.3 Å². The van der Waals surface area contributed by atoms with Gasteiger partial charge < -0.3 is 4.90 Å². The molecule has 3 rings (SSSR count). The lowest BCUT2D eigenvalue weighted by molar-refractivity contribution is 0.914. The van der Waals surface area contributed by atoms with E-state index in [9.17, 15) is 0 Å². The van der Waals surface area contributed by atoms with Gasteiger partial charge in [0.25, 0.3) is 0 Å². The normalized spacial score (nSPS) is 10.9. The molecule has 0 aliphatic heterocycles. The Morgan fingerprint density at radius 1 is 1.16 bits per heavy atom. The summed E-state index contributed by atoms with van der Waals surface area (Å²) < 4.78 is 2.73. The van der Waals surface area contributed by atoms with Gasteiger partial charge in [0, 0.05) is 25.9 Å². The van der Waals surface area contributed by atoms with Crippen LogP contribution in [0.25, 0.3) is 16.9 Å². The van der Waals surface area contributed by atoms with Gasteiger partial charge in [0.2, 0.25) is 0 Å². The first-order chi connectivity index (χ1) is 9.13. The molecule has 0 bridgehead atoms. The van der Waals surface area contributed by atoms with Gasteiger partial charge in [-0.15, -0.1) is 0 Å². The minimum absolute atomic E-state index is 0.840. The molecule has 0 fully saturated rings. The fraction of sp³-hybridized carbons (Fsp3) is 0.154. The molecule has 0 radical (unpaired) electrons. The molecule has 0 saturated heterocycles. The lowest BCUT2D eigenvalue weighted by Crippen LogP contribution is -2.09. The van der Waals surface area contributed by atoms with Crippen LogP contribution in [0.15, 0.2) is 36.7 Å². The summed E-state index contributed by atoms with van der Waals surface area (Å²) in [5.41, 5.74) is 2.71. The maximum absolute atomic E-state index is 4.54. The monoisotopic (exact) mass is 365 g/mol. The highest BCUT2D eigenvalue weighted by atomic mass is 127. The zero-order valence-electron chi connectivity index (χ0n) is 10.6. The Kier molecular flexibility index (Phi) is 3.09. The van der Waals surface area contributed by atoms with Crippen LogP contribution in [0.2, 0.25) is 0 Å². The third-order valence-electron chi connectivity index (χ3n) is 2.79. The Hall–Kier alpha value is -1.70. The fourth-order valence-electron chi connectivity index (χ4n) is 1.80. The van der Waals surface area contributed by atoms with Crippen LogP contribution in [0.5, 0.6) is 0 Å². The molecule has 0 spiro atoms. The van der Waals surface area contributed by atoms with E-state index >= 15 is 0 Å². The predicted molar refractivity (Wildman–Crippen MR) is 83.3 cm³/mol. The summed E-state index contributed by atoms with van der Waals surface area (Å²) in [4.78, 5) is 10.9. The Bertz CT molecular complexity index is 717. The molecule has 0 unspecified atom stereocenters. The van der Waals surface area contributed by atoms with Crippen LogP contribution in [0, 0.1) is 3.70 Å². The van der Waals surface area contributed by atoms with Crippen molar-refractivity contribution in [3.63, 3.8) is 0 Å². The number of hydrogen-bond donors (Lipinski definition) is 0. The van der Waals surface area contributed by atoms with Crippen LogP contribution in [0.3, 0.4) is 0 Å². The van der Waals surface area contributed by atoms with Gasteiger partial charge in [-0.3, -0.25) is 0 Å². The molecule has 96 valence electrons. The number of anilines is 1. The molecule has 0 atom stereocenters. The van der Waals surface area contributed by atoms with E-state index in [4.69, 9.17) is 0 Å². The van der Waals surface area contributed by atoms with Crippen molar-refractivity contribution in [2.75, 3.05) is 19.0 Å². The van der Waals surface area contributed by atoms with Gasteiger partial charge >= 0.3 is 0 Å². The van der Waals surface area contributed by atoms with Gasteiger partial charge in [-0.25, -0.2) is 14.5 Å². The predicted octanol–water partition coefficient (Wildman–Crippen LogP) is 2.46. The number of imidazole rings is 1. The third kappa shape index (κ3) is 2.40. The second-order valence-corrected chi connectivity index (χ2v) is 5.49. The standard InChI is InChI=1S/C13H12IN5/c1-18(2)12-5-3-9(7-15-12)10-8-19-13(16-10)6-4-11(14)17-19/h3-8H,1-2H3. The molecule has 0 aromatic carbocycles. The van der Waals surface area contributed by atoms with Crippen molar-refractivity contribution in [2.45, 2.75) is 0 Å². The van der Waals surface area contributed by atoms with E-state index < -0.39 is 0 Å². The largest absolute Gasteiger partial charge is 0.363 e. The van der Waals surface area contributed by atoms with Crippen molar-refractivity contribution in [1.29, 1.82) is 0 Å². The summed E-state index contributed by atoms with van der Waals surface area (Å²) >= 11 is 2.19. The molecule has 0 N–H and O–H groups in total. The van der Waals surface area contributed by atoms with Crippen LogP contribution in [0.1, 0.15) is 0 Å². The van der Waals surface area contributed by atoms with Crippen molar-refractivity contribution in [3.8, 4) is 11.3 Å². The SMILES string of the molecule is CN(C)c1ccc(-c2cn3nc(I)ccc3n2)cn1. The number of rotatable bonds is 2. The maximum atomic E-state index is 4.54. The molecule has 3 heterocycles. The smallest absolute Gasteiger partial charge is 0.154 e. The van der Waals surface area contributed by atoms with Crippen molar-refractivity contribution >= 4 is 34.1 Å². The number of aromatic nitrogens is 4. The van der Waals surface area contributed by atoms with Crippen molar-refractivity contribution in [1.82, 2.24) is 19.6 Å². The van der Waals surface area contributed by atoms with E-state index in [2.05, 4.69) is 37.7 Å². The molecule has 3 aromatic rings. The van der Waals surface area contributed by atoms with Gasteiger partial charge in [0.1, 0.15) is 9.52 Å². The number of halogens is 1. The number of pyridine rings is 1. The Balaban J connectivity index is 2.03. The quantitative estimate of drug-likeness (QED) is 0.655. The summed E-state index contributed by atoms with van der Waals surface area (Å²) in [7, 11) is 3.94. The highest BCUT2D eigenvalue weighted by molar-refractivity contribution is 14.1. The van der Waals surface area contributed by atoms with Gasteiger partial charge in [-0.05, 0) is 46.9 Å². The first kappa shape index (κ1) is 12.3. The highest BCUT2D eigenvalue weighted by Crippen LogP contribution is 2.20. The summed E-state index contributed by atoms with van der Waals surface area (Å²) in [6.45, 7) is 0. The van der Waals surface area contributed by atoms with E-state index in [1.54, 1.807) is 4.52 Å². The average Bonchev–Trinajstić information content (AvgIpc) is 2.81. The second-order valence-electron chi connectivity index (χ2n) is 4.38. The molecule has 19 heavy (non-hydrogen) atoms. The fourth-order valence-corrected chi connectivity index (χ4v) is 2.21. The van der Waals surface area contributed by atoms with Crippen LogP contribution < -0.4 is 4.90 Å². The zero-order chi connectivity index (χ0) is 13.4. The van der Waals surface area contributed by atoms with E-state index in [0.717, 1.165) is 26.4 Å². The molecular formula is C13H12IN5.